The summed E-state index contributed by atoms with van der Waals surface area (Å²) in [5, 5.41) is 0. The molecule has 1 aliphatic rings. The number of halogens is 1. The van der Waals surface area contributed by atoms with E-state index in [4.69, 9.17) is 4.74 Å². The number of carbonyl (C=O) groups is 1. The molecule has 1 saturated heterocycles. The molecule has 23 heavy (non-hydrogen) atoms. The molecule has 0 N–H and O–H groups in total. The highest BCUT2D eigenvalue weighted by Gasteiger charge is 2.38. The van der Waals surface area contributed by atoms with Crippen molar-refractivity contribution in [1.29, 1.82) is 0 Å². The van der Waals surface area contributed by atoms with Crippen LogP contribution in [0.5, 0.6) is 5.75 Å². The number of hydrogen-bond donors (Lipinski definition) is 0. The highest BCUT2D eigenvalue weighted by atomic mass is 32.2. The predicted molar refractivity (Wildman–Crippen MR) is 85.6 cm³/mol. The Kier molecular flexibility index (Phi) is 4.98. The molecule has 0 radical (unpaired) electrons. The van der Waals surface area contributed by atoms with Crippen molar-refractivity contribution in [1.82, 2.24) is 4.90 Å². The summed E-state index contributed by atoms with van der Waals surface area (Å²) in [6.07, 6.45) is 0.422. The van der Waals surface area contributed by atoms with Gasteiger partial charge in [0.25, 0.3) is 5.91 Å². The van der Waals surface area contributed by atoms with Crippen LogP contribution in [0.3, 0.4) is 0 Å². The Hall–Kier alpha value is -1.63. The normalized spacial score (nSPS) is 21.6. The molecule has 1 unspecified atom stereocenters. The van der Waals surface area contributed by atoms with Gasteiger partial charge in [0, 0.05) is 12.6 Å². The van der Waals surface area contributed by atoms with Gasteiger partial charge in [-0.3, -0.25) is 4.79 Å². The fraction of sp³-hybridized carbons (Fsp3) is 0.562. The van der Waals surface area contributed by atoms with E-state index in [1.807, 2.05) is 0 Å². The van der Waals surface area contributed by atoms with E-state index in [1.54, 1.807) is 25.7 Å². The molecule has 7 heteroatoms. The molecular weight excluding hydrogens is 321 g/mol. The number of ether oxygens (including phenoxy) is 1. The second-order valence-electron chi connectivity index (χ2n) is 6.38. The van der Waals surface area contributed by atoms with Gasteiger partial charge >= 0.3 is 0 Å². The van der Waals surface area contributed by atoms with Gasteiger partial charge in [0.1, 0.15) is 11.6 Å². The van der Waals surface area contributed by atoms with E-state index in [-0.39, 0.29) is 23.2 Å². The molecule has 0 aromatic heterocycles. The Labute approximate surface area is 136 Å². The maximum atomic E-state index is 13.0. The summed E-state index contributed by atoms with van der Waals surface area (Å²) in [4.78, 5) is 14.4. The molecule has 0 bridgehead atoms. The smallest absolute Gasteiger partial charge is 0.266 e. The Morgan fingerprint density at radius 3 is 2.52 bits per heavy atom. The average Bonchev–Trinajstić information content (AvgIpc) is 2.57. The molecule has 1 aromatic carbocycles. The third kappa shape index (κ3) is 4.43. The van der Waals surface area contributed by atoms with Crippen LogP contribution in [-0.2, 0) is 14.6 Å². The number of carbonyl (C=O) groups excluding carboxylic acids is 1. The molecule has 1 atom stereocenters. The van der Waals surface area contributed by atoms with E-state index in [0.29, 0.717) is 18.7 Å². The van der Waals surface area contributed by atoms with Crippen LogP contribution in [0, 0.1) is 5.82 Å². The Morgan fingerprint density at radius 2 is 1.91 bits per heavy atom. The van der Waals surface area contributed by atoms with Gasteiger partial charge in [-0.1, -0.05) is 0 Å². The lowest BCUT2D eigenvalue weighted by Gasteiger charge is -2.34. The summed E-state index contributed by atoms with van der Waals surface area (Å²) in [7, 11) is -3.12. The first-order chi connectivity index (χ1) is 10.6. The maximum Gasteiger partial charge on any atom is 0.266 e. The van der Waals surface area contributed by atoms with E-state index >= 15 is 0 Å². The van der Waals surface area contributed by atoms with Crippen molar-refractivity contribution in [2.75, 3.05) is 18.1 Å². The molecule has 2 rings (SSSR count). The average molecular weight is 343 g/mol. The molecule has 1 heterocycles. The van der Waals surface area contributed by atoms with Crippen LogP contribution in [0.1, 0.15) is 27.2 Å². The third-order valence-corrected chi connectivity index (χ3v) is 5.75. The quantitative estimate of drug-likeness (QED) is 0.842. The van der Waals surface area contributed by atoms with Crippen LogP contribution in [0.15, 0.2) is 24.3 Å². The molecule has 1 aliphatic heterocycles. The zero-order valence-electron chi connectivity index (χ0n) is 13.6. The fourth-order valence-corrected chi connectivity index (χ4v) is 4.35. The van der Waals surface area contributed by atoms with Gasteiger partial charge < -0.3 is 9.64 Å². The molecule has 1 fully saturated rings. The van der Waals surface area contributed by atoms with E-state index in [0.717, 1.165) is 0 Å². The molecular formula is C16H22FNO4S. The van der Waals surface area contributed by atoms with Crippen LogP contribution in [0.4, 0.5) is 4.39 Å². The molecule has 1 amide bonds. The molecule has 0 spiro atoms. The first-order valence-corrected chi connectivity index (χ1v) is 9.39. The van der Waals surface area contributed by atoms with Gasteiger partial charge in [-0.2, -0.15) is 0 Å². The van der Waals surface area contributed by atoms with Crippen LogP contribution >= 0.6 is 0 Å². The van der Waals surface area contributed by atoms with Crippen molar-refractivity contribution in [3.05, 3.63) is 30.1 Å². The van der Waals surface area contributed by atoms with Crippen LogP contribution in [0.2, 0.25) is 0 Å². The number of nitrogens with zero attached hydrogens (tertiary/aromatic N) is 1. The molecule has 5 nitrogen and oxygen atoms in total. The van der Waals surface area contributed by atoms with Gasteiger partial charge in [-0.15, -0.1) is 0 Å². The highest BCUT2D eigenvalue weighted by molar-refractivity contribution is 7.91. The van der Waals surface area contributed by atoms with Crippen molar-refractivity contribution >= 4 is 15.7 Å². The van der Waals surface area contributed by atoms with Crippen LogP contribution < -0.4 is 4.74 Å². The summed E-state index contributed by atoms with van der Waals surface area (Å²) in [6.45, 7) is 5.37. The lowest BCUT2D eigenvalue weighted by atomic mass is 10.1. The number of sulfone groups is 1. The summed E-state index contributed by atoms with van der Waals surface area (Å²) in [5.74, 6) is -0.203. The van der Waals surface area contributed by atoms with Crippen LogP contribution in [-0.4, -0.2) is 48.9 Å². The largest absolute Gasteiger partial charge is 0.478 e. The van der Waals surface area contributed by atoms with Crippen molar-refractivity contribution in [3.8, 4) is 5.75 Å². The van der Waals surface area contributed by atoms with Gasteiger partial charge in [0.15, 0.2) is 15.4 Å². The van der Waals surface area contributed by atoms with Crippen molar-refractivity contribution in [3.63, 3.8) is 0 Å². The van der Waals surface area contributed by atoms with Crippen LogP contribution in [0.25, 0.3) is 0 Å². The summed E-state index contributed by atoms with van der Waals surface area (Å²) in [6, 6.07) is 5.04. The topological polar surface area (TPSA) is 63.7 Å². The molecule has 0 saturated carbocycles. The van der Waals surface area contributed by atoms with E-state index in [9.17, 15) is 17.6 Å². The first-order valence-electron chi connectivity index (χ1n) is 7.57. The number of benzene rings is 1. The van der Waals surface area contributed by atoms with Gasteiger partial charge in [0.05, 0.1) is 11.5 Å². The molecule has 1 aromatic rings. The SMILES string of the molecule is CC1CS(=O)(=O)CCCN1C(=O)C(C)(C)Oc1ccc(F)cc1. The van der Waals surface area contributed by atoms with E-state index in [1.165, 1.54) is 24.3 Å². The van der Waals surface area contributed by atoms with E-state index in [2.05, 4.69) is 0 Å². The van der Waals surface area contributed by atoms with Gasteiger partial charge in [-0.25, -0.2) is 12.8 Å². The predicted octanol–water partition coefficient (Wildman–Crippen LogP) is 2.02. The lowest BCUT2D eigenvalue weighted by Crippen LogP contribution is -2.52. The van der Waals surface area contributed by atoms with E-state index < -0.39 is 21.5 Å². The molecule has 128 valence electrons. The third-order valence-electron chi connectivity index (χ3n) is 3.84. The first kappa shape index (κ1) is 17.7. The highest BCUT2D eigenvalue weighted by Crippen LogP contribution is 2.23. The summed E-state index contributed by atoms with van der Waals surface area (Å²) >= 11 is 0. The zero-order chi connectivity index (χ0) is 17.3. The minimum Gasteiger partial charge on any atom is -0.478 e. The van der Waals surface area contributed by atoms with Crippen molar-refractivity contribution in [2.24, 2.45) is 0 Å². The fourth-order valence-electron chi connectivity index (χ4n) is 2.70. The maximum absolute atomic E-state index is 13.0. The second-order valence-corrected chi connectivity index (χ2v) is 8.61. The number of hydrogen-bond acceptors (Lipinski definition) is 4. The second kappa shape index (κ2) is 6.47. The minimum absolute atomic E-state index is 0.0363. The Balaban J connectivity index is 2.15. The number of rotatable bonds is 3. The Morgan fingerprint density at radius 1 is 1.30 bits per heavy atom. The number of amides is 1. The lowest BCUT2D eigenvalue weighted by molar-refractivity contribution is -0.147. The summed E-state index contributed by atoms with van der Waals surface area (Å²) < 4.78 is 42.3. The van der Waals surface area contributed by atoms with Crippen molar-refractivity contribution < 1.29 is 22.3 Å². The molecule has 0 aliphatic carbocycles. The minimum atomic E-state index is -3.12. The van der Waals surface area contributed by atoms with Gasteiger partial charge in [-0.05, 0) is 51.5 Å². The monoisotopic (exact) mass is 343 g/mol. The van der Waals surface area contributed by atoms with Gasteiger partial charge in [0.2, 0.25) is 0 Å². The Bertz CT molecular complexity index is 670. The summed E-state index contributed by atoms with van der Waals surface area (Å²) in [5.41, 5.74) is -1.17. The zero-order valence-corrected chi connectivity index (χ0v) is 14.4. The van der Waals surface area contributed by atoms with Crippen molar-refractivity contribution in [2.45, 2.75) is 38.8 Å². The standard InChI is InChI=1S/C16H22FNO4S/c1-12-11-23(20,21)10-4-9-18(12)15(19)16(2,3)22-14-7-5-13(17)6-8-14/h5-8,12H,4,9-11H2,1-3H3.